The summed E-state index contributed by atoms with van der Waals surface area (Å²) in [6.45, 7) is 6.85. The average Bonchev–Trinajstić information content (AvgIpc) is 3.80. The van der Waals surface area contributed by atoms with Gasteiger partial charge in [0.2, 0.25) is 0 Å². The van der Waals surface area contributed by atoms with E-state index in [1.54, 1.807) is 0 Å². The van der Waals surface area contributed by atoms with Crippen molar-refractivity contribution in [1.29, 1.82) is 0 Å². The first-order valence-electron chi connectivity index (χ1n) is 19.8. The largest absolute Gasteiger partial charge is 0.309 e. The number of hydrogen-bond donors (Lipinski definition) is 0. The van der Waals surface area contributed by atoms with Crippen LogP contribution in [0.4, 0.5) is 5.69 Å². The number of para-hydroxylation sites is 3. The maximum absolute atomic E-state index is 5.62. The van der Waals surface area contributed by atoms with E-state index >= 15 is 0 Å². The highest BCUT2D eigenvalue weighted by Crippen LogP contribution is 2.49. The summed E-state index contributed by atoms with van der Waals surface area (Å²) in [5, 5.41) is 7.38. The van der Waals surface area contributed by atoms with Gasteiger partial charge in [0.05, 0.1) is 27.8 Å². The lowest BCUT2D eigenvalue weighted by atomic mass is 9.82. The molecular formula is C54H37N3. The van der Waals surface area contributed by atoms with E-state index in [2.05, 4.69) is 205 Å². The maximum Gasteiger partial charge on any atom is 0.116 e. The van der Waals surface area contributed by atoms with Crippen molar-refractivity contribution in [2.75, 3.05) is 0 Å². The summed E-state index contributed by atoms with van der Waals surface area (Å²) in [5.41, 5.74) is 20.9. The number of nitrogens with zero attached hydrogens (tertiary/aromatic N) is 3. The zero-order chi connectivity index (χ0) is 38.0. The fourth-order valence-corrected chi connectivity index (χ4v) is 9.95. The molecule has 0 bridgehead atoms. The second kappa shape index (κ2) is 11.7. The van der Waals surface area contributed by atoms with Crippen LogP contribution in [0.15, 0.2) is 181 Å². The molecular weight excluding hydrogens is 691 g/mol. The van der Waals surface area contributed by atoms with Crippen molar-refractivity contribution < 1.29 is 0 Å². The van der Waals surface area contributed by atoms with Crippen molar-refractivity contribution in [2.45, 2.75) is 26.2 Å². The topological polar surface area (TPSA) is 22.2 Å². The third kappa shape index (κ3) is 4.46. The number of hydrogen-bond acceptors (Lipinski definition) is 1. The molecule has 3 heteroatoms. The molecule has 268 valence electrons. The van der Waals surface area contributed by atoms with Crippen LogP contribution in [0.1, 0.15) is 43.0 Å². The van der Waals surface area contributed by atoms with E-state index in [1.807, 2.05) is 0 Å². The van der Waals surface area contributed by atoms with Gasteiger partial charge in [0.25, 0.3) is 0 Å². The Bertz CT molecular complexity index is 3430. The van der Waals surface area contributed by atoms with Crippen molar-refractivity contribution in [3.8, 4) is 16.8 Å². The summed E-state index contributed by atoms with van der Waals surface area (Å²) in [6.07, 6.45) is 0. The van der Waals surface area contributed by atoms with Crippen LogP contribution in [0.2, 0.25) is 0 Å². The first-order valence-corrected chi connectivity index (χ1v) is 19.8. The van der Waals surface area contributed by atoms with Gasteiger partial charge in [-0.25, -0.2) is 4.99 Å². The highest BCUT2D eigenvalue weighted by atomic mass is 15.0. The van der Waals surface area contributed by atoms with E-state index in [9.17, 15) is 0 Å². The van der Waals surface area contributed by atoms with Crippen LogP contribution >= 0.6 is 0 Å². The number of aromatic nitrogens is 2. The van der Waals surface area contributed by atoms with Gasteiger partial charge in [0.15, 0.2) is 0 Å². The molecule has 10 aromatic rings. The normalized spacial score (nSPS) is 14.4. The average molecular weight is 728 g/mol. The predicted octanol–water partition coefficient (Wildman–Crippen LogP) is 14.0. The molecule has 1 aliphatic carbocycles. The van der Waals surface area contributed by atoms with E-state index in [0.29, 0.717) is 0 Å². The number of allylic oxidation sites excluding steroid dienone is 1. The van der Waals surface area contributed by atoms with E-state index in [-0.39, 0.29) is 5.41 Å². The first-order chi connectivity index (χ1) is 28.0. The molecule has 0 radical (unpaired) electrons. The van der Waals surface area contributed by atoms with Gasteiger partial charge in [-0.1, -0.05) is 147 Å². The van der Waals surface area contributed by atoms with Crippen LogP contribution in [0.3, 0.4) is 0 Å². The Morgan fingerprint density at radius 2 is 1.16 bits per heavy atom. The fourth-order valence-electron chi connectivity index (χ4n) is 9.95. The van der Waals surface area contributed by atoms with Crippen LogP contribution in [0.25, 0.3) is 82.5 Å². The number of fused-ring (bicyclic) bond motifs is 12. The highest BCUT2D eigenvalue weighted by Gasteiger charge is 2.36. The van der Waals surface area contributed by atoms with Crippen molar-refractivity contribution in [1.82, 2.24) is 9.13 Å². The number of aliphatic imine (C=N–C) groups is 1. The third-order valence-corrected chi connectivity index (χ3v) is 12.6. The molecule has 0 amide bonds. The second-order valence-electron chi connectivity index (χ2n) is 16.1. The van der Waals surface area contributed by atoms with E-state index in [0.717, 1.165) is 50.5 Å². The Labute approximate surface area is 330 Å². The van der Waals surface area contributed by atoms with Crippen molar-refractivity contribution in [3.05, 3.63) is 198 Å². The molecule has 57 heavy (non-hydrogen) atoms. The smallest absolute Gasteiger partial charge is 0.116 e. The van der Waals surface area contributed by atoms with E-state index in [1.165, 1.54) is 65.6 Å². The lowest BCUT2D eigenvalue weighted by Gasteiger charge is -2.21. The minimum Gasteiger partial charge on any atom is -0.309 e. The van der Waals surface area contributed by atoms with Crippen LogP contribution in [0, 0.1) is 0 Å². The quantitative estimate of drug-likeness (QED) is 0.162. The third-order valence-electron chi connectivity index (χ3n) is 12.6. The van der Waals surface area contributed by atoms with E-state index < -0.39 is 0 Å². The van der Waals surface area contributed by atoms with E-state index in [4.69, 9.17) is 4.99 Å². The van der Waals surface area contributed by atoms with Gasteiger partial charge < -0.3 is 9.13 Å². The molecule has 3 heterocycles. The van der Waals surface area contributed by atoms with Crippen LogP contribution < -0.4 is 0 Å². The molecule has 2 aliphatic rings. The summed E-state index contributed by atoms with van der Waals surface area (Å²) in [4.78, 5) is 5.62. The Morgan fingerprint density at radius 3 is 1.96 bits per heavy atom. The molecule has 0 fully saturated rings. The Hall–Kier alpha value is -7.19. The molecule has 0 saturated heterocycles. The Balaban J connectivity index is 1.20. The Kier molecular flexibility index (Phi) is 6.57. The summed E-state index contributed by atoms with van der Waals surface area (Å²) < 4.78 is 4.85. The van der Waals surface area contributed by atoms with Gasteiger partial charge >= 0.3 is 0 Å². The SMILES string of the molecule is CC1=C=C(n2c3cc(-n4c5ccccc5c5ccccc54)ccc3c3c4ccccc4ccc32)C(c2ccc3c(c2)-c2ccccc2C3(C)C)=Nc2ccccc21. The van der Waals surface area contributed by atoms with Crippen molar-refractivity contribution in [3.63, 3.8) is 0 Å². The molecule has 0 atom stereocenters. The highest BCUT2D eigenvalue weighted by molar-refractivity contribution is 6.33. The van der Waals surface area contributed by atoms with Crippen LogP contribution in [-0.2, 0) is 5.41 Å². The lowest BCUT2D eigenvalue weighted by Crippen LogP contribution is -2.15. The van der Waals surface area contributed by atoms with Crippen LogP contribution in [-0.4, -0.2) is 14.8 Å². The van der Waals surface area contributed by atoms with Crippen molar-refractivity contribution in [2.24, 2.45) is 4.99 Å². The minimum atomic E-state index is -0.0887. The molecule has 1 aliphatic heterocycles. The van der Waals surface area contributed by atoms with Crippen LogP contribution in [0.5, 0.6) is 0 Å². The number of rotatable bonds is 3. The Morgan fingerprint density at radius 1 is 0.491 bits per heavy atom. The molecule has 8 aromatic carbocycles. The van der Waals surface area contributed by atoms with Gasteiger partial charge in [0.1, 0.15) is 11.4 Å². The zero-order valence-corrected chi connectivity index (χ0v) is 32.0. The first kappa shape index (κ1) is 32.1. The zero-order valence-electron chi connectivity index (χ0n) is 32.0. The monoisotopic (exact) mass is 727 g/mol. The molecule has 0 unspecified atom stereocenters. The van der Waals surface area contributed by atoms with Gasteiger partial charge in [-0.3, -0.25) is 0 Å². The number of benzene rings is 8. The molecule has 12 rings (SSSR count). The summed E-state index contributed by atoms with van der Waals surface area (Å²) in [7, 11) is 0. The summed E-state index contributed by atoms with van der Waals surface area (Å²) in [6, 6.07) is 62.1. The van der Waals surface area contributed by atoms with Gasteiger partial charge in [-0.05, 0) is 82.4 Å². The van der Waals surface area contributed by atoms with Crippen molar-refractivity contribution >= 4 is 77.1 Å². The molecule has 0 saturated carbocycles. The second-order valence-corrected chi connectivity index (χ2v) is 16.1. The van der Waals surface area contributed by atoms with Gasteiger partial charge in [-0.15, -0.1) is 0 Å². The van der Waals surface area contributed by atoms with Gasteiger partial charge in [0, 0.05) is 49.3 Å². The molecule has 0 spiro atoms. The molecule has 2 aromatic heterocycles. The maximum atomic E-state index is 5.62. The summed E-state index contributed by atoms with van der Waals surface area (Å²) >= 11 is 0. The lowest BCUT2D eigenvalue weighted by molar-refractivity contribution is 0.660. The van der Waals surface area contributed by atoms with Gasteiger partial charge in [-0.2, -0.15) is 0 Å². The fraction of sp³-hybridized carbons (Fsp3) is 0.0741. The summed E-state index contributed by atoms with van der Waals surface area (Å²) in [5.74, 6) is 0. The minimum absolute atomic E-state index is 0.0887. The molecule has 3 nitrogen and oxygen atoms in total. The molecule has 0 N–H and O–H groups in total. The predicted molar refractivity (Wildman–Crippen MR) is 240 cm³/mol. The standard InChI is InChI=1S/C54H37N3/c1-33-30-51(53(55-46-21-11-7-15-37(33)46)35-24-28-45-43(31-35)39-17-6-10-20-44(39)54(45,2)3)57-49-29-25-34-14-4-5-16-38(34)52(49)42-27-26-36(32-50(42)57)56-47-22-12-8-18-40(47)41-19-9-13-23-48(41)56/h4-29,31-32H,1-3H3.